The highest BCUT2D eigenvalue weighted by molar-refractivity contribution is 6.36. The average Bonchev–Trinajstić information content (AvgIpc) is 2.79. The number of hydrogen-bond donors (Lipinski definition) is 3. The lowest BCUT2D eigenvalue weighted by Crippen LogP contribution is -2.32. The molecule has 4 rings (SSSR count). The summed E-state index contributed by atoms with van der Waals surface area (Å²) in [5.74, 6) is 1.36. The smallest absolute Gasteiger partial charge is 0.319 e. The minimum atomic E-state index is -0.358. The number of halogens is 2. The van der Waals surface area contributed by atoms with Crippen molar-refractivity contribution in [3.63, 3.8) is 0 Å². The summed E-state index contributed by atoms with van der Waals surface area (Å²) in [4.78, 5) is 21.5. The van der Waals surface area contributed by atoms with Gasteiger partial charge in [-0.25, -0.2) is 14.8 Å². The zero-order valence-corrected chi connectivity index (χ0v) is 17.9. The lowest BCUT2D eigenvalue weighted by Gasteiger charge is -2.12. The number of para-hydroxylation sites is 1. The van der Waals surface area contributed by atoms with Gasteiger partial charge in [0.15, 0.2) is 5.82 Å². The van der Waals surface area contributed by atoms with Crippen molar-refractivity contribution in [2.45, 2.75) is 0 Å². The molecule has 156 valence electrons. The molecule has 3 N–H and O–H groups in total. The normalized spacial score (nSPS) is 10.6. The van der Waals surface area contributed by atoms with Crippen LogP contribution in [0.1, 0.15) is 0 Å². The Bertz CT molecular complexity index is 1220. The van der Waals surface area contributed by atoms with Crippen LogP contribution in [0.3, 0.4) is 0 Å². The summed E-state index contributed by atoms with van der Waals surface area (Å²) in [6, 6.07) is 22.2. The Morgan fingerprint density at radius 1 is 0.871 bits per heavy atom. The summed E-state index contributed by atoms with van der Waals surface area (Å²) < 4.78 is 0. The van der Waals surface area contributed by atoms with Crippen LogP contribution in [0.2, 0.25) is 10.0 Å². The van der Waals surface area contributed by atoms with E-state index in [9.17, 15) is 4.79 Å². The number of nitrogens with zero attached hydrogens (tertiary/aromatic N) is 2. The topological polar surface area (TPSA) is 78.9 Å². The van der Waals surface area contributed by atoms with Crippen molar-refractivity contribution in [1.82, 2.24) is 15.3 Å². The van der Waals surface area contributed by atoms with Gasteiger partial charge in [-0.3, -0.25) is 0 Å². The fourth-order valence-corrected chi connectivity index (χ4v) is 3.50. The largest absolute Gasteiger partial charge is 0.368 e. The van der Waals surface area contributed by atoms with E-state index in [-0.39, 0.29) is 6.03 Å². The van der Waals surface area contributed by atoms with Crippen molar-refractivity contribution >= 4 is 51.6 Å². The monoisotopic (exact) mass is 451 g/mol. The number of benzene rings is 3. The summed E-state index contributed by atoms with van der Waals surface area (Å²) in [6.07, 6.45) is 0. The van der Waals surface area contributed by atoms with Crippen LogP contribution >= 0.6 is 23.2 Å². The molecule has 0 bridgehead atoms. The van der Waals surface area contributed by atoms with Crippen molar-refractivity contribution in [2.75, 3.05) is 23.7 Å². The maximum atomic E-state index is 12.1. The van der Waals surface area contributed by atoms with E-state index < -0.39 is 0 Å². The lowest BCUT2D eigenvalue weighted by molar-refractivity contribution is 0.252. The Labute approximate surface area is 189 Å². The highest BCUT2D eigenvalue weighted by Crippen LogP contribution is 2.26. The third-order valence-corrected chi connectivity index (χ3v) is 5.07. The van der Waals surface area contributed by atoms with Gasteiger partial charge >= 0.3 is 6.03 Å². The van der Waals surface area contributed by atoms with Gasteiger partial charge in [0, 0.05) is 29.1 Å². The second-order valence-electron chi connectivity index (χ2n) is 6.71. The van der Waals surface area contributed by atoms with Gasteiger partial charge in [0.25, 0.3) is 0 Å². The van der Waals surface area contributed by atoms with Crippen molar-refractivity contribution in [3.05, 3.63) is 82.8 Å². The van der Waals surface area contributed by atoms with Gasteiger partial charge in [0.05, 0.1) is 16.2 Å². The molecule has 0 spiro atoms. The Kier molecular flexibility index (Phi) is 6.50. The zero-order chi connectivity index (χ0) is 21.6. The lowest BCUT2D eigenvalue weighted by atomic mass is 10.2. The van der Waals surface area contributed by atoms with E-state index in [4.69, 9.17) is 28.2 Å². The molecule has 0 saturated heterocycles. The van der Waals surface area contributed by atoms with E-state index in [1.54, 1.807) is 18.2 Å². The first kappa shape index (κ1) is 20.9. The number of urea groups is 1. The molecular formula is C23H19Cl2N5O. The zero-order valence-electron chi connectivity index (χ0n) is 16.4. The minimum absolute atomic E-state index is 0.358. The first-order valence-corrected chi connectivity index (χ1v) is 10.4. The number of fused-ring (bicyclic) bond motifs is 1. The molecule has 3 aromatic carbocycles. The van der Waals surface area contributed by atoms with Crippen molar-refractivity contribution in [3.8, 4) is 11.4 Å². The Balaban J connectivity index is 1.41. The second-order valence-corrected chi connectivity index (χ2v) is 7.55. The van der Waals surface area contributed by atoms with E-state index in [0.29, 0.717) is 40.5 Å². The molecule has 2 amide bonds. The second kappa shape index (κ2) is 9.64. The van der Waals surface area contributed by atoms with Gasteiger partial charge in [-0.15, -0.1) is 0 Å². The number of aromatic nitrogens is 2. The Morgan fingerprint density at radius 2 is 1.65 bits per heavy atom. The van der Waals surface area contributed by atoms with E-state index >= 15 is 0 Å². The van der Waals surface area contributed by atoms with Crippen molar-refractivity contribution in [1.29, 1.82) is 0 Å². The number of carbonyl (C=O) groups is 1. The van der Waals surface area contributed by atoms with Crippen LogP contribution in [0.15, 0.2) is 72.8 Å². The first-order valence-electron chi connectivity index (χ1n) is 9.66. The fraction of sp³-hybridized carbons (Fsp3) is 0.0870. The van der Waals surface area contributed by atoms with Crippen LogP contribution in [-0.4, -0.2) is 29.1 Å². The molecule has 0 aliphatic rings. The molecule has 6 nitrogen and oxygen atoms in total. The van der Waals surface area contributed by atoms with E-state index in [2.05, 4.69) is 20.9 Å². The molecule has 0 atom stereocenters. The molecule has 1 heterocycles. The van der Waals surface area contributed by atoms with Crippen LogP contribution in [0.25, 0.3) is 22.3 Å². The molecule has 31 heavy (non-hydrogen) atoms. The van der Waals surface area contributed by atoms with Crippen LogP contribution in [-0.2, 0) is 0 Å². The predicted octanol–water partition coefficient (Wildman–Crippen LogP) is 5.84. The maximum Gasteiger partial charge on any atom is 0.319 e. The number of carbonyl (C=O) groups excluding carboxylic acids is 1. The number of nitrogens with one attached hydrogen (secondary N) is 3. The highest BCUT2D eigenvalue weighted by Gasteiger charge is 2.09. The van der Waals surface area contributed by atoms with Crippen LogP contribution < -0.4 is 16.0 Å². The van der Waals surface area contributed by atoms with E-state index in [0.717, 1.165) is 16.5 Å². The molecule has 0 saturated carbocycles. The third-order valence-electron chi connectivity index (χ3n) is 4.52. The van der Waals surface area contributed by atoms with Crippen LogP contribution in [0.4, 0.5) is 16.3 Å². The molecule has 8 heteroatoms. The molecule has 1 aromatic heterocycles. The minimum Gasteiger partial charge on any atom is -0.368 e. The summed E-state index contributed by atoms with van der Waals surface area (Å²) in [5.41, 5.74) is 2.28. The third kappa shape index (κ3) is 5.23. The van der Waals surface area contributed by atoms with Gasteiger partial charge in [0.1, 0.15) is 5.82 Å². The van der Waals surface area contributed by atoms with Gasteiger partial charge < -0.3 is 16.0 Å². The number of rotatable bonds is 6. The SMILES string of the molecule is O=C(NCCNc1nc(-c2ccccc2)nc2ccccc12)Nc1ccc(Cl)cc1Cl. The maximum absolute atomic E-state index is 12.1. The molecule has 0 radical (unpaired) electrons. The number of amides is 2. The molecule has 0 aliphatic carbocycles. The fourth-order valence-electron chi connectivity index (χ4n) is 3.04. The standard InChI is InChI=1S/C23H19Cl2N5O/c24-16-10-11-20(18(25)14-16)29-23(31)27-13-12-26-22-17-8-4-5-9-19(17)28-21(30-22)15-6-2-1-3-7-15/h1-11,14H,12-13H2,(H,26,28,30)(H2,27,29,31). The summed E-state index contributed by atoms with van der Waals surface area (Å²) in [7, 11) is 0. The van der Waals surface area contributed by atoms with Crippen LogP contribution in [0, 0.1) is 0 Å². The van der Waals surface area contributed by atoms with Crippen LogP contribution in [0.5, 0.6) is 0 Å². The predicted molar refractivity (Wildman–Crippen MR) is 127 cm³/mol. The van der Waals surface area contributed by atoms with Gasteiger partial charge in [-0.2, -0.15) is 0 Å². The molecule has 0 fully saturated rings. The first-order chi connectivity index (χ1) is 15.1. The Hall–Kier alpha value is -3.35. The Morgan fingerprint density at radius 3 is 2.45 bits per heavy atom. The highest BCUT2D eigenvalue weighted by atomic mass is 35.5. The summed E-state index contributed by atoms with van der Waals surface area (Å²) in [6.45, 7) is 0.868. The van der Waals surface area contributed by atoms with Gasteiger partial charge in [-0.05, 0) is 30.3 Å². The summed E-state index contributed by atoms with van der Waals surface area (Å²) in [5, 5.41) is 10.6. The van der Waals surface area contributed by atoms with Gasteiger partial charge in [-0.1, -0.05) is 65.7 Å². The summed E-state index contributed by atoms with van der Waals surface area (Å²) >= 11 is 12.0. The molecule has 0 unspecified atom stereocenters. The molecule has 0 aliphatic heterocycles. The average molecular weight is 452 g/mol. The van der Waals surface area contributed by atoms with E-state index in [1.807, 2.05) is 54.6 Å². The van der Waals surface area contributed by atoms with Crippen molar-refractivity contribution < 1.29 is 4.79 Å². The van der Waals surface area contributed by atoms with Gasteiger partial charge in [0.2, 0.25) is 0 Å². The molecule has 4 aromatic rings. The molecular weight excluding hydrogens is 433 g/mol. The quantitative estimate of drug-likeness (QED) is 0.321. The van der Waals surface area contributed by atoms with Crippen molar-refractivity contribution in [2.24, 2.45) is 0 Å². The number of anilines is 2. The number of hydrogen-bond acceptors (Lipinski definition) is 4. The van der Waals surface area contributed by atoms with E-state index in [1.165, 1.54) is 0 Å².